The maximum atomic E-state index is 13.2. The molecule has 0 spiro atoms. The number of hydrogen-bond donors (Lipinski definition) is 2. The molecule has 2 N–H and O–H groups in total. The fourth-order valence-electron chi connectivity index (χ4n) is 1.19. The zero-order chi connectivity index (χ0) is 12.3. The number of hydrogen-bond acceptors (Lipinski definition) is 4. The summed E-state index contributed by atoms with van der Waals surface area (Å²) in [6.45, 7) is -0.00164. The second-order valence-corrected chi connectivity index (χ2v) is 4.88. The lowest BCUT2D eigenvalue weighted by atomic mass is 10.4. The third-order valence-electron chi connectivity index (χ3n) is 1.99. The standard InChI is InChI=1S/C9H9FN4O2S/c10-8-2-1-4-11-9(8)17(15,16)13-6-7-3-5-12-14-7/h1-5,13H,6H2,(H,12,14). The van der Waals surface area contributed by atoms with E-state index in [-0.39, 0.29) is 6.54 Å². The minimum atomic E-state index is -3.95. The van der Waals surface area contributed by atoms with Gasteiger partial charge in [-0.2, -0.15) is 5.10 Å². The van der Waals surface area contributed by atoms with Crippen LogP contribution in [0, 0.1) is 5.82 Å². The largest absolute Gasteiger partial charge is 0.281 e. The predicted molar refractivity (Wildman–Crippen MR) is 56.8 cm³/mol. The van der Waals surface area contributed by atoms with E-state index in [1.165, 1.54) is 18.5 Å². The van der Waals surface area contributed by atoms with Crippen molar-refractivity contribution in [2.75, 3.05) is 0 Å². The number of aromatic nitrogens is 3. The van der Waals surface area contributed by atoms with Crippen LogP contribution in [-0.2, 0) is 16.6 Å². The van der Waals surface area contributed by atoms with Crippen molar-refractivity contribution in [2.24, 2.45) is 0 Å². The van der Waals surface area contributed by atoms with Crippen molar-refractivity contribution in [3.05, 3.63) is 42.1 Å². The summed E-state index contributed by atoms with van der Waals surface area (Å²) in [6.07, 6.45) is 2.71. The summed E-state index contributed by atoms with van der Waals surface area (Å²) in [4.78, 5) is 3.50. The van der Waals surface area contributed by atoms with Crippen LogP contribution in [-0.4, -0.2) is 23.6 Å². The highest BCUT2D eigenvalue weighted by Gasteiger charge is 2.19. The molecule has 0 saturated heterocycles. The van der Waals surface area contributed by atoms with Crippen molar-refractivity contribution in [1.29, 1.82) is 0 Å². The Morgan fingerprint density at radius 3 is 2.82 bits per heavy atom. The van der Waals surface area contributed by atoms with Crippen molar-refractivity contribution >= 4 is 10.0 Å². The van der Waals surface area contributed by atoms with Crippen LogP contribution >= 0.6 is 0 Å². The summed E-state index contributed by atoms with van der Waals surface area (Å²) in [6, 6.07) is 3.97. The van der Waals surface area contributed by atoms with Crippen molar-refractivity contribution < 1.29 is 12.8 Å². The molecule has 2 heterocycles. The van der Waals surface area contributed by atoms with Gasteiger partial charge in [-0.3, -0.25) is 5.10 Å². The highest BCUT2D eigenvalue weighted by Crippen LogP contribution is 2.09. The smallest absolute Gasteiger partial charge is 0.261 e. The number of aromatic amines is 1. The van der Waals surface area contributed by atoms with Crippen LogP contribution in [0.5, 0.6) is 0 Å². The van der Waals surface area contributed by atoms with Gasteiger partial charge >= 0.3 is 0 Å². The highest BCUT2D eigenvalue weighted by atomic mass is 32.2. The molecule has 2 rings (SSSR count). The van der Waals surface area contributed by atoms with Crippen LogP contribution in [0.1, 0.15) is 5.69 Å². The van der Waals surface area contributed by atoms with Gasteiger partial charge in [0.05, 0.1) is 12.2 Å². The molecule has 0 bridgehead atoms. The summed E-state index contributed by atoms with van der Waals surface area (Å²) >= 11 is 0. The van der Waals surface area contributed by atoms with E-state index in [9.17, 15) is 12.8 Å². The molecule has 0 unspecified atom stereocenters. The van der Waals surface area contributed by atoms with E-state index < -0.39 is 20.9 Å². The number of nitrogens with one attached hydrogen (secondary N) is 2. The molecule has 90 valence electrons. The Bertz CT molecular complexity index is 597. The topological polar surface area (TPSA) is 87.7 Å². The Kier molecular flexibility index (Phi) is 3.16. The van der Waals surface area contributed by atoms with Gasteiger partial charge in [0.2, 0.25) is 5.03 Å². The van der Waals surface area contributed by atoms with Crippen molar-refractivity contribution in [1.82, 2.24) is 19.9 Å². The number of nitrogens with zero attached hydrogens (tertiary/aromatic N) is 2. The van der Waals surface area contributed by atoms with Crippen LogP contribution in [0.3, 0.4) is 0 Å². The zero-order valence-electron chi connectivity index (χ0n) is 8.59. The minimum Gasteiger partial charge on any atom is -0.281 e. The average Bonchev–Trinajstić information content (AvgIpc) is 2.80. The monoisotopic (exact) mass is 256 g/mol. The van der Waals surface area contributed by atoms with Gasteiger partial charge < -0.3 is 0 Å². The second-order valence-electron chi connectivity index (χ2n) is 3.20. The fourth-order valence-corrected chi connectivity index (χ4v) is 2.20. The molecule has 0 aromatic carbocycles. The SMILES string of the molecule is O=S(=O)(NCc1ccn[nH]1)c1ncccc1F. The van der Waals surface area contributed by atoms with Gasteiger partial charge in [-0.05, 0) is 18.2 Å². The summed E-state index contributed by atoms with van der Waals surface area (Å²) in [5.74, 6) is -0.885. The Morgan fingerprint density at radius 2 is 2.18 bits per heavy atom. The van der Waals surface area contributed by atoms with E-state index in [1.54, 1.807) is 6.07 Å². The van der Waals surface area contributed by atoms with Gasteiger partial charge in [-0.15, -0.1) is 0 Å². The van der Waals surface area contributed by atoms with Crippen molar-refractivity contribution in [3.8, 4) is 0 Å². The molecule has 0 radical (unpaired) electrons. The van der Waals surface area contributed by atoms with E-state index in [2.05, 4.69) is 19.9 Å². The van der Waals surface area contributed by atoms with Crippen LogP contribution in [0.4, 0.5) is 4.39 Å². The van der Waals surface area contributed by atoms with E-state index in [0.717, 1.165) is 6.07 Å². The molecule has 2 aromatic rings. The van der Waals surface area contributed by atoms with Gasteiger partial charge in [0.25, 0.3) is 10.0 Å². The molecule has 0 amide bonds. The molecule has 6 nitrogen and oxygen atoms in total. The molecular formula is C9H9FN4O2S. The molecule has 2 aromatic heterocycles. The fraction of sp³-hybridized carbons (Fsp3) is 0.111. The molecule has 17 heavy (non-hydrogen) atoms. The lowest BCUT2D eigenvalue weighted by Gasteiger charge is -2.05. The molecule has 0 aliphatic heterocycles. The maximum absolute atomic E-state index is 13.2. The van der Waals surface area contributed by atoms with Crippen molar-refractivity contribution in [2.45, 2.75) is 11.6 Å². The number of halogens is 1. The van der Waals surface area contributed by atoms with Crippen molar-refractivity contribution in [3.63, 3.8) is 0 Å². The Morgan fingerprint density at radius 1 is 1.35 bits per heavy atom. The third kappa shape index (κ3) is 2.66. The van der Waals surface area contributed by atoms with Crippen LogP contribution < -0.4 is 4.72 Å². The molecule has 8 heteroatoms. The molecule has 0 atom stereocenters. The number of rotatable bonds is 4. The van der Waals surface area contributed by atoms with E-state index in [1.807, 2.05) is 0 Å². The van der Waals surface area contributed by atoms with Crippen LogP contribution in [0.2, 0.25) is 0 Å². The molecule has 0 aliphatic carbocycles. The zero-order valence-corrected chi connectivity index (χ0v) is 9.41. The first-order valence-electron chi connectivity index (χ1n) is 4.68. The first-order chi connectivity index (χ1) is 8.09. The van der Waals surface area contributed by atoms with Gasteiger partial charge in [0.1, 0.15) is 0 Å². The first-order valence-corrected chi connectivity index (χ1v) is 6.16. The summed E-state index contributed by atoms with van der Waals surface area (Å²) in [5, 5.41) is 5.64. The van der Waals surface area contributed by atoms with E-state index >= 15 is 0 Å². The molecule has 0 saturated carbocycles. The average molecular weight is 256 g/mol. The summed E-state index contributed by atoms with van der Waals surface area (Å²) in [7, 11) is -3.95. The quantitative estimate of drug-likeness (QED) is 0.830. The number of pyridine rings is 1. The minimum absolute atomic E-state index is 0.00164. The number of H-pyrrole nitrogens is 1. The molecule has 0 aliphatic rings. The van der Waals surface area contributed by atoms with Crippen LogP contribution in [0.15, 0.2) is 35.6 Å². The lowest BCUT2D eigenvalue weighted by molar-refractivity contribution is 0.544. The summed E-state index contributed by atoms with van der Waals surface area (Å²) in [5.41, 5.74) is 0.574. The highest BCUT2D eigenvalue weighted by molar-refractivity contribution is 7.89. The Labute approximate surface area is 96.9 Å². The Balaban J connectivity index is 2.17. The van der Waals surface area contributed by atoms with Gasteiger partial charge in [0, 0.05) is 12.4 Å². The van der Waals surface area contributed by atoms with Gasteiger partial charge in [-0.1, -0.05) is 0 Å². The van der Waals surface area contributed by atoms with Crippen LogP contribution in [0.25, 0.3) is 0 Å². The summed E-state index contributed by atoms with van der Waals surface area (Å²) < 4.78 is 38.9. The number of sulfonamides is 1. The first kappa shape index (κ1) is 11.7. The second kappa shape index (κ2) is 4.60. The third-order valence-corrected chi connectivity index (χ3v) is 3.32. The maximum Gasteiger partial charge on any atom is 0.261 e. The molecule has 0 fully saturated rings. The normalized spacial score (nSPS) is 11.6. The van der Waals surface area contributed by atoms with Gasteiger partial charge in [0.15, 0.2) is 5.82 Å². The Hall–Kier alpha value is -1.80. The predicted octanol–water partition coefficient (Wildman–Crippen LogP) is 0.422. The molecular weight excluding hydrogens is 247 g/mol. The van der Waals surface area contributed by atoms with E-state index in [0.29, 0.717) is 5.69 Å². The lowest BCUT2D eigenvalue weighted by Crippen LogP contribution is -2.25. The van der Waals surface area contributed by atoms with Gasteiger partial charge in [-0.25, -0.2) is 22.5 Å². The van der Waals surface area contributed by atoms with E-state index in [4.69, 9.17) is 0 Å².